The van der Waals surface area contributed by atoms with E-state index in [1.165, 1.54) is 4.57 Å². The Morgan fingerprint density at radius 1 is 1.29 bits per heavy atom. The Bertz CT molecular complexity index is 775. The van der Waals surface area contributed by atoms with Gasteiger partial charge in [-0.1, -0.05) is 0 Å². The van der Waals surface area contributed by atoms with Gasteiger partial charge in [-0.25, -0.2) is 4.79 Å². The normalized spacial score (nSPS) is 12.1. The van der Waals surface area contributed by atoms with Crippen LogP contribution in [0, 0.1) is 0 Å². The van der Waals surface area contributed by atoms with Gasteiger partial charge in [0, 0.05) is 17.6 Å². The molecule has 1 aromatic carbocycles. The number of carbonyl (C=O) groups is 1. The number of alkyl halides is 3. The van der Waals surface area contributed by atoms with Crippen molar-refractivity contribution in [2.24, 2.45) is 0 Å². The molecule has 0 bridgehead atoms. The minimum Gasteiger partial charge on any atom is -0.477 e. The molecular formula is C14H12F3NO3. The molecule has 2 rings (SSSR count). The van der Waals surface area contributed by atoms with Crippen molar-refractivity contribution in [3.8, 4) is 0 Å². The van der Waals surface area contributed by atoms with E-state index in [-0.39, 0.29) is 16.9 Å². The van der Waals surface area contributed by atoms with Gasteiger partial charge in [0.2, 0.25) is 5.43 Å². The number of benzene rings is 1. The van der Waals surface area contributed by atoms with Gasteiger partial charge in [-0.15, -0.1) is 0 Å². The number of hydrogen-bond donors (Lipinski definition) is 1. The van der Waals surface area contributed by atoms with E-state index >= 15 is 0 Å². The molecule has 0 aliphatic heterocycles. The Morgan fingerprint density at radius 2 is 1.90 bits per heavy atom. The Morgan fingerprint density at radius 3 is 2.38 bits per heavy atom. The van der Waals surface area contributed by atoms with Crippen molar-refractivity contribution in [1.29, 1.82) is 0 Å². The summed E-state index contributed by atoms with van der Waals surface area (Å²) in [4.78, 5) is 23.1. The van der Waals surface area contributed by atoms with Crippen molar-refractivity contribution in [2.45, 2.75) is 26.1 Å². The van der Waals surface area contributed by atoms with Gasteiger partial charge in [-0.3, -0.25) is 4.79 Å². The molecule has 112 valence electrons. The van der Waals surface area contributed by atoms with Crippen molar-refractivity contribution >= 4 is 16.9 Å². The lowest BCUT2D eigenvalue weighted by molar-refractivity contribution is -0.137. The minimum atomic E-state index is -4.53. The van der Waals surface area contributed by atoms with Crippen molar-refractivity contribution in [2.75, 3.05) is 0 Å². The van der Waals surface area contributed by atoms with E-state index in [0.29, 0.717) is 0 Å². The van der Waals surface area contributed by atoms with E-state index in [4.69, 9.17) is 5.11 Å². The van der Waals surface area contributed by atoms with Gasteiger partial charge < -0.3 is 9.67 Å². The summed E-state index contributed by atoms with van der Waals surface area (Å²) in [5.74, 6) is -1.41. The summed E-state index contributed by atoms with van der Waals surface area (Å²) in [5.41, 5.74) is -2.07. The summed E-state index contributed by atoms with van der Waals surface area (Å²) >= 11 is 0. The lowest BCUT2D eigenvalue weighted by Crippen LogP contribution is -2.20. The highest BCUT2D eigenvalue weighted by Crippen LogP contribution is 2.31. The van der Waals surface area contributed by atoms with Crippen molar-refractivity contribution in [1.82, 2.24) is 4.57 Å². The monoisotopic (exact) mass is 299 g/mol. The van der Waals surface area contributed by atoms with Crippen LogP contribution in [0.5, 0.6) is 0 Å². The number of pyridine rings is 1. The molecule has 4 nitrogen and oxygen atoms in total. The number of aromatic carboxylic acids is 1. The molecule has 7 heteroatoms. The Kier molecular flexibility index (Phi) is 3.52. The molecule has 0 aliphatic rings. The predicted octanol–water partition coefficient (Wildman–Crippen LogP) is 3.30. The fraction of sp³-hybridized carbons (Fsp3) is 0.286. The molecule has 0 amide bonds. The summed E-state index contributed by atoms with van der Waals surface area (Å²) < 4.78 is 39.7. The van der Waals surface area contributed by atoms with E-state index in [9.17, 15) is 22.8 Å². The first-order valence-corrected chi connectivity index (χ1v) is 6.12. The van der Waals surface area contributed by atoms with Gasteiger partial charge in [0.05, 0.1) is 11.1 Å². The van der Waals surface area contributed by atoms with E-state index in [1.807, 2.05) is 0 Å². The molecular weight excluding hydrogens is 287 g/mol. The zero-order valence-electron chi connectivity index (χ0n) is 11.2. The molecule has 21 heavy (non-hydrogen) atoms. The third-order valence-corrected chi connectivity index (χ3v) is 3.15. The first-order chi connectivity index (χ1) is 9.62. The van der Waals surface area contributed by atoms with E-state index in [0.717, 1.165) is 24.4 Å². The van der Waals surface area contributed by atoms with Crippen LogP contribution in [-0.4, -0.2) is 15.6 Å². The third-order valence-electron chi connectivity index (χ3n) is 3.15. The second kappa shape index (κ2) is 4.91. The average Bonchev–Trinajstić information content (AvgIpc) is 2.36. The smallest absolute Gasteiger partial charge is 0.416 e. The predicted molar refractivity (Wildman–Crippen MR) is 70.6 cm³/mol. The number of carboxylic acids is 1. The molecule has 0 saturated carbocycles. The van der Waals surface area contributed by atoms with Crippen LogP contribution in [-0.2, 0) is 6.18 Å². The Labute approximate surface area is 117 Å². The highest BCUT2D eigenvalue weighted by atomic mass is 19.4. The zero-order chi connectivity index (χ0) is 15.9. The lowest BCUT2D eigenvalue weighted by Gasteiger charge is -2.17. The molecule has 0 unspecified atom stereocenters. The molecule has 0 spiro atoms. The molecule has 1 N–H and O–H groups in total. The van der Waals surface area contributed by atoms with Gasteiger partial charge in [-0.2, -0.15) is 13.2 Å². The molecule has 0 atom stereocenters. The molecule has 1 aromatic heterocycles. The highest BCUT2D eigenvalue weighted by Gasteiger charge is 2.31. The standard InChI is InChI=1S/C14H12F3NO3/c1-7(2)18-6-10(13(20)21)12(19)9-4-3-8(5-11(9)18)14(15,16)17/h3-7H,1-2H3,(H,20,21). The van der Waals surface area contributed by atoms with Gasteiger partial charge in [0.15, 0.2) is 0 Å². The molecule has 2 aromatic rings. The minimum absolute atomic E-state index is 0.0448. The van der Waals surface area contributed by atoms with Gasteiger partial charge in [0.1, 0.15) is 5.56 Å². The molecule has 0 fully saturated rings. The number of fused-ring (bicyclic) bond motifs is 1. The number of carboxylic acid groups (broad SMARTS) is 1. The maximum absolute atomic E-state index is 12.8. The summed E-state index contributed by atoms with van der Waals surface area (Å²) in [6.07, 6.45) is -3.45. The number of hydrogen-bond acceptors (Lipinski definition) is 2. The van der Waals surface area contributed by atoms with E-state index < -0.39 is 28.7 Å². The van der Waals surface area contributed by atoms with E-state index in [2.05, 4.69) is 0 Å². The SMILES string of the molecule is CC(C)n1cc(C(=O)O)c(=O)c2ccc(C(F)(F)F)cc21. The van der Waals surface area contributed by atoms with Crippen LogP contribution in [0.4, 0.5) is 13.2 Å². The Balaban J connectivity index is 2.91. The van der Waals surface area contributed by atoms with Crippen LogP contribution < -0.4 is 5.43 Å². The summed E-state index contributed by atoms with van der Waals surface area (Å²) in [5, 5.41) is 8.98. The largest absolute Gasteiger partial charge is 0.477 e. The lowest BCUT2D eigenvalue weighted by atomic mass is 10.1. The zero-order valence-corrected chi connectivity index (χ0v) is 11.2. The number of aromatic nitrogens is 1. The topological polar surface area (TPSA) is 59.3 Å². The van der Waals surface area contributed by atoms with Crippen LogP contribution in [0.3, 0.4) is 0 Å². The van der Waals surface area contributed by atoms with Gasteiger partial charge >= 0.3 is 12.1 Å². The quantitative estimate of drug-likeness (QED) is 0.925. The first-order valence-electron chi connectivity index (χ1n) is 6.12. The Hall–Kier alpha value is -2.31. The highest BCUT2D eigenvalue weighted by molar-refractivity contribution is 5.92. The first kappa shape index (κ1) is 15.1. The van der Waals surface area contributed by atoms with Crippen molar-refractivity contribution in [3.63, 3.8) is 0 Å². The van der Waals surface area contributed by atoms with Crippen LogP contribution >= 0.6 is 0 Å². The average molecular weight is 299 g/mol. The fourth-order valence-electron chi connectivity index (χ4n) is 2.11. The summed E-state index contributed by atoms with van der Waals surface area (Å²) in [7, 11) is 0. The third kappa shape index (κ3) is 2.63. The maximum atomic E-state index is 12.8. The molecule has 0 saturated heterocycles. The van der Waals surface area contributed by atoms with Crippen molar-refractivity contribution < 1.29 is 23.1 Å². The number of rotatable bonds is 2. The van der Waals surface area contributed by atoms with Crippen LogP contribution in [0.25, 0.3) is 10.9 Å². The summed E-state index contributed by atoms with van der Waals surface area (Å²) in [6, 6.07) is 2.36. The van der Waals surface area contributed by atoms with Gasteiger partial charge in [-0.05, 0) is 32.0 Å². The number of halogens is 3. The number of nitrogens with zero attached hydrogens (tertiary/aromatic N) is 1. The molecule has 0 aliphatic carbocycles. The second-order valence-corrected chi connectivity index (χ2v) is 4.91. The fourth-order valence-corrected chi connectivity index (χ4v) is 2.11. The van der Waals surface area contributed by atoms with Crippen LogP contribution in [0.2, 0.25) is 0 Å². The van der Waals surface area contributed by atoms with Gasteiger partial charge in [0.25, 0.3) is 0 Å². The maximum Gasteiger partial charge on any atom is 0.416 e. The van der Waals surface area contributed by atoms with E-state index in [1.54, 1.807) is 13.8 Å². The summed E-state index contributed by atoms with van der Waals surface area (Å²) in [6.45, 7) is 3.38. The second-order valence-electron chi connectivity index (χ2n) is 4.91. The van der Waals surface area contributed by atoms with Crippen LogP contribution in [0.1, 0.15) is 35.8 Å². The van der Waals surface area contributed by atoms with Crippen LogP contribution in [0.15, 0.2) is 29.2 Å². The molecule has 0 radical (unpaired) electrons. The van der Waals surface area contributed by atoms with Crippen molar-refractivity contribution in [3.05, 3.63) is 45.7 Å². The molecule has 1 heterocycles.